The number of aromatic nitrogens is 4. The predicted octanol–water partition coefficient (Wildman–Crippen LogP) is 3.56. The summed E-state index contributed by atoms with van der Waals surface area (Å²) in [6.07, 6.45) is 1.55. The Kier molecular flexibility index (Phi) is 7.24. The van der Waals surface area contributed by atoms with Gasteiger partial charge in [-0.05, 0) is 53.6 Å². The minimum absolute atomic E-state index is 0.314. The lowest BCUT2D eigenvalue weighted by Crippen LogP contribution is -2.17. The molecule has 1 N–H and O–H groups in total. The molecule has 0 aliphatic carbocycles. The lowest BCUT2D eigenvalue weighted by Gasteiger charge is -2.09. The molecule has 9 nitrogen and oxygen atoms in total. The van der Waals surface area contributed by atoms with Gasteiger partial charge in [0.15, 0.2) is 11.5 Å². The van der Waals surface area contributed by atoms with Crippen LogP contribution in [0.25, 0.3) is 11.4 Å². The number of benzene rings is 3. The van der Waals surface area contributed by atoms with Crippen molar-refractivity contribution in [2.24, 2.45) is 5.10 Å². The van der Waals surface area contributed by atoms with E-state index in [9.17, 15) is 4.79 Å². The molecule has 0 fully saturated rings. The number of ether oxygens (including phenoxy) is 2. The first-order valence-electron chi connectivity index (χ1n) is 10.7. The summed E-state index contributed by atoms with van der Waals surface area (Å²) in [6.45, 7) is 2.90. The Labute approximate surface area is 197 Å². The van der Waals surface area contributed by atoms with Crippen LogP contribution in [-0.4, -0.2) is 46.0 Å². The van der Waals surface area contributed by atoms with E-state index < -0.39 is 0 Å². The monoisotopic (exact) mass is 456 g/mol. The first-order valence-corrected chi connectivity index (χ1v) is 10.7. The van der Waals surface area contributed by atoms with E-state index in [0.29, 0.717) is 36.0 Å². The van der Waals surface area contributed by atoms with Crippen molar-refractivity contribution in [2.75, 3.05) is 13.7 Å². The minimum atomic E-state index is -0.314. The quantitative estimate of drug-likeness (QED) is 0.305. The van der Waals surface area contributed by atoms with Gasteiger partial charge in [-0.3, -0.25) is 4.79 Å². The summed E-state index contributed by atoms with van der Waals surface area (Å²) in [5.41, 5.74) is 5.64. The molecule has 9 heteroatoms. The van der Waals surface area contributed by atoms with Crippen LogP contribution in [0.2, 0.25) is 0 Å². The van der Waals surface area contributed by atoms with Crippen LogP contribution in [0.1, 0.15) is 28.4 Å². The number of tetrazole rings is 1. The Morgan fingerprint density at radius 3 is 2.59 bits per heavy atom. The van der Waals surface area contributed by atoms with Gasteiger partial charge in [0, 0.05) is 11.1 Å². The van der Waals surface area contributed by atoms with Gasteiger partial charge >= 0.3 is 0 Å². The summed E-state index contributed by atoms with van der Waals surface area (Å²) in [7, 11) is 1.57. The maximum absolute atomic E-state index is 12.4. The zero-order valence-electron chi connectivity index (χ0n) is 18.9. The molecule has 0 atom stereocenters. The number of amides is 1. The number of carbonyl (C=O) groups excluding carboxylic acids is 1. The number of hydrazone groups is 1. The molecular weight excluding hydrogens is 432 g/mol. The molecule has 0 unspecified atom stereocenters. The van der Waals surface area contributed by atoms with E-state index in [0.717, 1.165) is 16.7 Å². The molecule has 0 aliphatic rings. The standard InChI is InChI=1S/C25H24N6O3/c1-3-34-22-14-11-19(15-23(22)33-2)16-26-28-25(32)21-12-9-18(10-13-21)17-31-29-24(27-30-31)20-7-5-4-6-8-20/h4-16H,3,17H2,1-2H3,(H,28,32)/b26-16-. The SMILES string of the molecule is CCOc1ccc(/C=N\NC(=O)c2ccc(Cn3nnc(-c4ccccc4)n3)cc2)cc1OC. The fraction of sp³-hybridized carbons (Fsp3) is 0.160. The summed E-state index contributed by atoms with van der Waals surface area (Å²) >= 11 is 0. The summed E-state index contributed by atoms with van der Waals surface area (Å²) in [5.74, 6) is 1.51. The second kappa shape index (κ2) is 10.9. The average Bonchev–Trinajstić information content (AvgIpc) is 3.34. The van der Waals surface area contributed by atoms with Crippen molar-refractivity contribution in [3.63, 3.8) is 0 Å². The second-order valence-corrected chi connectivity index (χ2v) is 7.25. The highest BCUT2D eigenvalue weighted by molar-refractivity contribution is 5.95. The number of hydrogen-bond donors (Lipinski definition) is 1. The molecule has 0 aliphatic heterocycles. The van der Waals surface area contributed by atoms with Gasteiger partial charge in [0.1, 0.15) is 0 Å². The maximum Gasteiger partial charge on any atom is 0.271 e. The highest BCUT2D eigenvalue weighted by Gasteiger charge is 2.08. The lowest BCUT2D eigenvalue weighted by molar-refractivity contribution is 0.0955. The van der Waals surface area contributed by atoms with Crippen LogP contribution in [0.4, 0.5) is 0 Å². The van der Waals surface area contributed by atoms with E-state index in [4.69, 9.17) is 9.47 Å². The summed E-state index contributed by atoms with van der Waals surface area (Å²) < 4.78 is 10.8. The molecule has 0 bridgehead atoms. The maximum atomic E-state index is 12.4. The van der Waals surface area contributed by atoms with Crippen LogP contribution >= 0.6 is 0 Å². The first kappa shape index (κ1) is 22.7. The zero-order valence-corrected chi connectivity index (χ0v) is 18.9. The Morgan fingerprint density at radius 2 is 1.85 bits per heavy atom. The van der Waals surface area contributed by atoms with Crippen molar-refractivity contribution in [3.8, 4) is 22.9 Å². The highest BCUT2D eigenvalue weighted by atomic mass is 16.5. The van der Waals surface area contributed by atoms with Crippen LogP contribution in [0.3, 0.4) is 0 Å². The van der Waals surface area contributed by atoms with E-state index in [-0.39, 0.29) is 5.91 Å². The lowest BCUT2D eigenvalue weighted by atomic mass is 10.1. The molecule has 3 aromatic carbocycles. The summed E-state index contributed by atoms with van der Waals surface area (Å²) in [4.78, 5) is 13.9. The van der Waals surface area contributed by atoms with Gasteiger partial charge in [-0.25, -0.2) is 5.43 Å². The topological polar surface area (TPSA) is 104 Å². The molecule has 4 rings (SSSR count). The van der Waals surface area contributed by atoms with Gasteiger partial charge in [0.25, 0.3) is 5.91 Å². The molecule has 1 heterocycles. The Hall–Kier alpha value is -4.53. The van der Waals surface area contributed by atoms with Crippen LogP contribution in [0.5, 0.6) is 11.5 Å². The molecule has 0 spiro atoms. The van der Waals surface area contributed by atoms with Crippen molar-refractivity contribution >= 4 is 12.1 Å². The van der Waals surface area contributed by atoms with Crippen molar-refractivity contribution < 1.29 is 14.3 Å². The largest absolute Gasteiger partial charge is 0.493 e. The van der Waals surface area contributed by atoms with Gasteiger partial charge in [0.05, 0.1) is 26.5 Å². The molecule has 0 saturated carbocycles. The van der Waals surface area contributed by atoms with E-state index >= 15 is 0 Å². The third-order valence-electron chi connectivity index (χ3n) is 4.89. The Bertz CT molecular complexity index is 1270. The fourth-order valence-corrected chi connectivity index (χ4v) is 3.21. The van der Waals surface area contributed by atoms with Gasteiger partial charge in [0.2, 0.25) is 5.82 Å². The van der Waals surface area contributed by atoms with Crippen LogP contribution in [0.15, 0.2) is 77.9 Å². The van der Waals surface area contributed by atoms with Crippen molar-refractivity contribution in [1.82, 2.24) is 25.6 Å². The van der Waals surface area contributed by atoms with Crippen LogP contribution in [-0.2, 0) is 6.54 Å². The van der Waals surface area contributed by atoms with Gasteiger partial charge < -0.3 is 9.47 Å². The molecule has 34 heavy (non-hydrogen) atoms. The average molecular weight is 457 g/mol. The normalized spacial score (nSPS) is 10.9. The zero-order chi connectivity index (χ0) is 23.8. The second-order valence-electron chi connectivity index (χ2n) is 7.25. The molecule has 1 amide bonds. The van der Waals surface area contributed by atoms with Crippen molar-refractivity contribution in [3.05, 3.63) is 89.5 Å². The number of nitrogens with zero attached hydrogens (tertiary/aromatic N) is 5. The summed E-state index contributed by atoms with van der Waals surface area (Å²) in [6, 6.07) is 22.2. The highest BCUT2D eigenvalue weighted by Crippen LogP contribution is 2.27. The first-order chi connectivity index (χ1) is 16.7. The predicted molar refractivity (Wildman–Crippen MR) is 128 cm³/mol. The third-order valence-corrected chi connectivity index (χ3v) is 4.89. The molecule has 0 radical (unpaired) electrons. The van der Waals surface area contributed by atoms with Crippen molar-refractivity contribution in [2.45, 2.75) is 13.5 Å². The fourth-order valence-electron chi connectivity index (χ4n) is 3.21. The number of nitrogens with one attached hydrogen (secondary N) is 1. The van der Waals surface area contributed by atoms with E-state index in [1.54, 1.807) is 37.6 Å². The Balaban J connectivity index is 1.34. The summed E-state index contributed by atoms with van der Waals surface area (Å²) in [5, 5.41) is 16.6. The number of methoxy groups -OCH3 is 1. The molecule has 4 aromatic rings. The number of hydrogen-bond acceptors (Lipinski definition) is 7. The van der Waals surface area contributed by atoms with Gasteiger partial charge in [-0.2, -0.15) is 9.90 Å². The number of carbonyl (C=O) groups is 1. The Morgan fingerprint density at radius 1 is 1.06 bits per heavy atom. The number of rotatable bonds is 9. The van der Waals surface area contributed by atoms with E-state index in [2.05, 4.69) is 25.9 Å². The molecular formula is C25H24N6O3. The van der Waals surface area contributed by atoms with Crippen molar-refractivity contribution in [1.29, 1.82) is 0 Å². The smallest absolute Gasteiger partial charge is 0.271 e. The third kappa shape index (κ3) is 5.63. The van der Waals surface area contributed by atoms with E-state index in [1.165, 1.54) is 4.80 Å². The van der Waals surface area contributed by atoms with Crippen LogP contribution in [0, 0.1) is 0 Å². The minimum Gasteiger partial charge on any atom is -0.493 e. The molecule has 1 aromatic heterocycles. The van der Waals surface area contributed by atoms with Gasteiger partial charge in [-0.15, -0.1) is 10.2 Å². The van der Waals surface area contributed by atoms with Gasteiger partial charge in [-0.1, -0.05) is 42.5 Å². The molecule has 172 valence electrons. The molecule has 0 saturated heterocycles. The van der Waals surface area contributed by atoms with E-state index in [1.807, 2.05) is 55.5 Å². The van der Waals surface area contributed by atoms with Crippen LogP contribution < -0.4 is 14.9 Å².